The van der Waals surface area contributed by atoms with Crippen molar-refractivity contribution < 1.29 is 22.7 Å². The normalized spacial score (nSPS) is 12.1. The molecule has 150 valence electrons. The molecule has 2 aromatic carbocycles. The molecule has 0 aromatic heterocycles. The van der Waals surface area contributed by atoms with Gasteiger partial charge >= 0.3 is 0 Å². The topological polar surface area (TPSA) is 92.8 Å². The van der Waals surface area contributed by atoms with Crippen LogP contribution in [-0.2, 0) is 14.8 Å². The van der Waals surface area contributed by atoms with Gasteiger partial charge in [0, 0.05) is 18.3 Å². The first-order chi connectivity index (χ1) is 13.1. The highest BCUT2D eigenvalue weighted by Gasteiger charge is 2.19. The average molecular weight is 404 g/mol. The lowest BCUT2D eigenvalue weighted by Crippen LogP contribution is -2.32. The molecule has 0 bridgehead atoms. The Balaban J connectivity index is 2.08. The Morgan fingerprint density at radius 1 is 1.14 bits per heavy atom. The minimum Gasteiger partial charge on any atom is -0.481 e. The molecule has 0 spiro atoms. The van der Waals surface area contributed by atoms with Crippen LogP contribution in [0.25, 0.3) is 0 Å². The highest BCUT2D eigenvalue weighted by Crippen LogP contribution is 2.22. The van der Waals surface area contributed by atoms with Gasteiger partial charge < -0.3 is 10.1 Å². The monoisotopic (exact) mass is 404 g/mol. The molecule has 0 unspecified atom stereocenters. The van der Waals surface area contributed by atoms with Crippen molar-refractivity contribution in [2.45, 2.75) is 26.4 Å². The molecule has 0 aliphatic heterocycles. The quantitative estimate of drug-likeness (QED) is 0.683. The predicted molar refractivity (Wildman–Crippen MR) is 109 cm³/mol. The van der Waals surface area contributed by atoms with E-state index in [4.69, 9.17) is 4.74 Å². The van der Waals surface area contributed by atoms with Gasteiger partial charge in [0.2, 0.25) is 10.0 Å². The van der Waals surface area contributed by atoms with Crippen molar-refractivity contribution in [3.8, 4) is 5.75 Å². The molecule has 8 heteroatoms. The van der Waals surface area contributed by atoms with Gasteiger partial charge in [-0.25, -0.2) is 8.42 Å². The fourth-order valence-corrected chi connectivity index (χ4v) is 2.96. The number of rotatable bonds is 8. The summed E-state index contributed by atoms with van der Waals surface area (Å²) in [6.45, 7) is 3.28. The summed E-state index contributed by atoms with van der Waals surface area (Å²) in [4.78, 5) is 24.0. The van der Waals surface area contributed by atoms with E-state index in [1.807, 2.05) is 6.92 Å². The molecule has 1 atom stereocenters. The number of ketones is 1. The van der Waals surface area contributed by atoms with Crippen LogP contribution in [0, 0.1) is 0 Å². The van der Waals surface area contributed by atoms with Crippen LogP contribution in [0.5, 0.6) is 5.75 Å². The van der Waals surface area contributed by atoms with E-state index in [1.54, 1.807) is 48.5 Å². The number of benzene rings is 2. The zero-order valence-corrected chi connectivity index (χ0v) is 17.1. The highest BCUT2D eigenvalue weighted by atomic mass is 32.2. The molecule has 0 saturated heterocycles. The number of amides is 1. The van der Waals surface area contributed by atoms with Gasteiger partial charge in [-0.3, -0.25) is 13.9 Å². The van der Waals surface area contributed by atoms with E-state index >= 15 is 0 Å². The molecular formula is C20H24N2O5S. The third kappa shape index (κ3) is 5.56. The van der Waals surface area contributed by atoms with Crippen LogP contribution < -0.4 is 14.4 Å². The van der Waals surface area contributed by atoms with Gasteiger partial charge in [-0.2, -0.15) is 0 Å². The van der Waals surface area contributed by atoms with Crippen molar-refractivity contribution in [3.05, 3.63) is 54.1 Å². The maximum Gasteiger partial charge on any atom is 0.265 e. The van der Waals surface area contributed by atoms with Crippen LogP contribution in [0.3, 0.4) is 0 Å². The van der Waals surface area contributed by atoms with Gasteiger partial charge in [-0.1, -0.05) is 19.1 Å². The van der Waals surface area contributed by atoms with E-state index in [2.05, 4.69) is 5.32 Å². The number of nitrogens with zero attached hydrogens (tertiary/aromatic N) is 1. The van der Waals surface area contributed by atoms with E-state index in [0.717, 1.165) is 10.6 Å². The number of Topliss-reactive ketones (excluding diaryl/α,β-unsaturated/α-hetero) is 1. The fourth-order valence-electron chi connectivity index (χ4n) is 2.45. The number of hydrogen-bond donors (Lipinski definition) is 1. The van der Waals surface area contributed by atoms with Crippen molar-refractivity contribution in [1.29, 1.82) is 0 Å². The van der Waals surface area contributed by atoms with E-state index in [0.29, 0.717) is 29.1 Å². The Kier molecular flexibility index (Phi) is 6.80. The number of nitrogens with one attached hydrogen (secondary N) is 1. The first-order valence-electron chi connectivity index (χ1n) is 8.74. The van der Waals surface area contributed by atoms with Crippen LogP contribution in [0.1, 0.15) is 30.6 Å². The average Bonchev–Trinajstić information content (AvgIpc) is 2.65. The molecule has 0 saturated carbocycles. The van der Waals surface area contributed by atoms with Gasteiger partial charge in [-0.15, -0.1) is 0 Å². The summed E-state index contributed by atoms with van der Waals surface area (Å²) >= 11 is 0. The maximum absolute atomic E-state index is 12.5. The first-order valence-corrected chi connectivity index (χ1v) is 10.6. The highest BCUT2D eigenvalue weighted by molar-refractivity contribution is 7.92. The van der Waals surface area contributed by atoms with Crippen molar-refractivity contribution in [2.75, 3.05) is 22.9 Å². The van der Waals surface area contributed by atoms with Crippen LogP contribution in [0.15, 0.2) is 48.5 Å². The minimum absolute atomic E-state index is 0.0847. The number of ether oxygens (including phenoxy) is 1. The lowest BCUT2D eigenvalue weighted by Gasteiger charge is -2.19. The number of carbonyl (C=O) groups excluding carboxylic acids is 2. The largest absolute Gasteiger partial charge is 0.481 e. The molecule has 0 fully saturated rings. The smallest absolute Gasteiger partial charge is 0.265 e. The van der Waals surface area contributed by atoms with E-state index in [9.17, 15) is 18.0 Å². The molecule has 2 rings (SSSR count). The van der Waals surface area contributed by atoms with E-state index < -0.39 is 16.1 Å². The summed E-state index contributed by atoms with van der Waals surface area (Å²) in [7, 11) is -1.89. The van der Waals surface area contributed by atoms with Crippen molar-refractivity contribution in [3.63, 3.8) is 0 Å². The van der Waals surface area contributed by atoms with Crippen LogP contribution >= 0.6 is 0 Å². The number of sulfonamides is 1. The Hall–Kier alpha value is -2.87. The molecule has 0 heterocycles. The van der Waals surface area contributed by atoms with E-state index in [1.165, 1.54) is 14.0 Å². The number of anilines is 2. The van der Waals surface area contributed by atoms with E-state index in [-0.39, 0.29) is 11.7 Å². The fraction of sp³-hybridized carbons (Fsp3) is 0.300. The van der Waals surface area contributed by atoms with Crippen LogP contribution in [0.4, 0.5) is 11.4 Å². The second-order valence-corrected chi connectivity index (χ2v) is 8.38. The van der Waals surface area contributed by atoms with Crippen molar-refractivity contribution in [1.82, 2.24) is 0 Å². The summed E-state index contributed by atoms with van der Waals surface area (Å²) in [6, 6.07) is 13.1. The zero-order chi connectivity index (χ0) is 20.9. The summed E-state index contributed by atoms with van der Waals surface area (Å²) in [5, 5.41) is 2.75. The van der Waals surface area contributed by atoms with Crippen molar-refractivity contribution >= 4 is 33.1 Å². The minimum atomic E-state index is -3.35. The van der Waals surface area contributed by atoms with Gasteiger partial charge in [0.25, 0.3) is 5.91 Å². The van der Waals surface area contributed by atoms with Gasteiger partial charge in [-0.05, 0) is 49.7 Å². The third-order valence-electron chi connectivity index (χ3n) is 4.18. The van der Waals surface area contributed by atoms with Crippen LogP contribution in [-0.4, -0.2) is 39.5 Å². The Morgan fingerprint density at radius 2 is 1.79 bits per heavy atom. The SMILES string of the molecule is CC[C@H](Oc1ccc(N(C)S(C)(=O)=O)cc1)C(=O)Nc1cccc(C(C)=O)c1. The number of carbonyl (C=O) groups is 2. The molecule has 0 aliphatic carbocycles. The van der Waals surface area contributed by atoms with Gasteiger partial charge in [0.05, 0.1) is 11.9 Å². The summed E-state index contributed by atoms with van der Waals surface area (Å²) in [5.74, 6) is 0.0317. The molecule has 1 amide bonds. The summed E-state index contributed by atoms with van der Waals surface area (Å²) < 4.78 is 30.1. The Labute approximate surface area is 165 Å². The molecule has 2 aromatic rings. The lowest BCUT2D eigenvalue weighted by molar-refractivity contribution is -0.122. The molecule has 0 radical (unpaired) electrons. The molecular weight excluding hydrogens is 380 g/mol. The molecule has 1 N–H and O–H groups in total. The van der Waals surface area contributed by atoms with Crippen LogP contribution in [0.2, 0.25) is 0 Å². The summed E-state index contributed by atoms with van der Waals surface area (Å²) in [6.07, 6.45) is 0.818. The van der Waals surface area contributed by atoms with Crippen molar-refractivity contribution in [2.24, 2.45) is 0 Å². The van der Waals surface area contributed by atoms with Gasteiger partial charge in [0.1, 0.15) is 5.75 Å². The molecule has 7 nitrogen and oxygen atoms in total. The maximum atomic E-state index is 12.5. The first kappa shape index (κ1) is 21.4. The predicted octanol–water partition coefficient (Wildman–Crippen LogP) is 3.08. The summed E-state index contributed by atoms with van der Waals surface area (Å²) in [5.41, 5.74) is 1.52. The molecule has 28 heavy (non-hydrogen) atoms. The second-order valence-electron chi connectivity index (χ2n) is 6.37. The lowest BCUT2D eigenvalue weighted by atomic mass is 10.1. The number of hydrogen-bond acceptors (Lipinski definition) is 5. The second kappa shape index (κ2) is 8.88. The zero-order valence-electron chi connectivity index (χ0n) is 16.3. The Morgan fingerprint density at radius 3 is 2.32 bits per heavy atom. The standard InChI is InChI=1S/C20H24N2O5S/c1-5-19(20(24)21-16-8-6-7-15(13-16)14(2)23)27-18-11-9-17(10-12-18)22(3)28(4,25)26/h6-13,19H,5H2,1-4H3,(H,21,24)/t19-/m0/s1. The molecule has 0 aliphatic rings. The van der Waals surface area contributed by atoms with Gasteiger partial charge in [0.15, 0.2) is 11.9 Å². The Bertz CT molecular complexity index is 955. The third-order valence-corrected chi connectivity index (χ3v) is 5.38.